The van der Waals surface area contributed by atoms with Crippen LogP contribution >= 0.6 is 15.9 Å². The van der Waals surface area contributed by atoms with E-state index in [-0.39, 0.29) is 11.0 Å². The quantitative estimate of drug-likeness (QED) is 0.831. The Morgan fingerprint density at radius 3 is 2.45 bits per heavy atom. The molecule has 1 aromatic rings. The van der Waals surface area contributed by atoms with Gasteiger partial charge in [-0.2, -0.15) is 13.2 Å². The fraction of sp³-hybridized carbons (Fsp3) is 0.308. The Bertz CT molecular complexity index is 538. The molecule has 3 nitrogen and oxygen atoms in total. The minimum Gasteiger partial charge on any atom is -0.497 e. The van der Waals surface area contributed by atoms with Crippen molar-refractivity contribution in [3.05, 3.63) is 40.0 Å². The van der Waals surface area contributed by atoms with Gasteiger partial charge in [-0.05, 0) is 17.7 Å². The van der Waals surface area contributed by atoms with E-state index in [9.17, 15) is 13.2 Å². The SMILES string of the molecule is COc1ccc(CN2C=NC(C(F)(F)F)=C(Br)C2)cc1. The molecule has 0 aliphatic carbocycles. The zero-order chi connectivity index (χ0) is 14.8. The zero-order valence-electron chi connectivity index (χ0n) is 10.6. The first-order chi connectivity index (χ1) is 9.40. The van der Waals surface area contributed by atoms with Crippen LogP contribution in [0.5, 0.6) is 5.75 Å². The van der Waals surface area contributed by atoms with E-state index in [1.807, 2.05) is 24.3 Å². The Morgan fingerprint density at radius 2 is 1.95 bits per heavy atom. The number of nitrogens with zero attached hydrogens (tertiary/aromatic N) is 2. The number of hydrogen-bond acceptors (Lipinski definition) is 3. The van der Waals surface area contributed by atoms with Crippen LogP contribution in [0.4, 0.5) is 13.2 Å². The van der Waals surface area contributed by atoms with Crippen LogP contribution in [0.15, 0.2) is 39.4 Å². The summed E-state index contributed by atoms with van der Waals surface area (Å²) in [6.07, 6.45) is -3.21. The largest absolute Gasteiger partial charge is 0.497 e. The lowest BCUT2D eigenvalue weighted by atomic mass is 10.2. The molecule has 0 bridgehead atoms. The van der Waals surface area contributed by atoms with Crippen molar-refractivity contribution in [1.29, 1.82) is 0 Å². The molecule has 1 aliphatic heterocycles. The number of allylic oxidation sites excluding steroid dienone is 1. The maximum atomic E-state index is 12.6. The summed E-state index contributed by atoms with van der Waals surface area (Å²) in [5.74, 6) is 0.737. The molecule has 0 unspecified atom stereocenters. The van der Waals surface area contributed by atoms with Crippen molar-refractivity contribution in [3.8, 4) is 5.75 Å². The topological polar surface area (TPSA) is 24.8 Å². The van der Waals surface area contributed by atoms with Crippen molar-refractivity contribution in [2.24, 2.45) is 4.99 Å². The van der Waals surface area contributed by atoms with Gasteiger partial charge in [-0.1, -0.05) is 28.1 Å². The molecular formula is C13H12BrF3N2O. The van der Waals surface area contributed by atoms with Crippen molar-refractivity contribution in [1.82, 2.24) is 4.90 Å². The van der Waals surface area contributed by atoms with Crippen LogP contribution in [0.1, 0.15) is 5.56 Å². The van der Waals surface area contributed by atoms with Crippen molar-refractivity contribution >= 4 is 22.3 Å². The normalized spacial score (nSPS) is 15.8. The van der Waals surface area contributed by atoms with Gasteiger partial charge in [0.15, 0.2) is 5.70 Å². The van der Waals surface area contributed by atoms with Gasteiger partial charge in [0, 0.05) is 11.0 Å². The number of methoxy groups -OCH3 is 1. The molecule has 0 fully saturated rings. The summed E-state index contributed by atoms with van der Waals surface area (Å²) in [6.45, 7) is 0.623. The van der Waals surface area contributed by atoms with Crippen LogP contribution in [0, 0.1) is 0 Å². The van der Waals surface area contributed by atoms with Gasteiger partial charge >= 0.3 is 6.18 Å². The second-order valence-corrected chi connectivity index (χ2v) is 5.21. The Morgan fingerprint density at radius 1 is 1.30 bits per heavy atom. The van der Waals surface area contributed by atoms with E-state index >= 15 is 0 Å². The Balaban J connectivity index is 2.04. The minimum atomic E-state index is -4.43. The molecule has 7 heteroatoms. The summed E-state index contributed by atoms with van der Waals surface area (Å²) < 4.78 is 42.9. The highest BCUT2D eigenvalue weighted by Crippen LogP contribution is 2.33. The van der Waals surface area contributed by atoms with Gasteiger partial charge in [-0.25, -0.2) is 4.99 Å². The highest BCUT2D eigenvalue weighted by molar-refractivity contribution is 9.11. The number of ether oxygens (including phenoxy) is 1. The summed E-state index contributed by atoms with van der Waals surface area (Å²) in [6, 6.07) is 7.35. The first-order valence-electron chi connectivity index (χ1n) is 5.77. The van der Waals surface area contributed by atoms with E-state index < -0.39 is 11.9 Å². The Hall–Kier alpha value is -1.50. The Labute approximate surface area is 122 Å². The average molecular weight is 349 g/mol. The number of hydrogen-bond donors (Lipinski definition) is 0. The molecular weight excluding hydrogens is 337 g/mol. The first-order valence-corrected chi connectivity index (χ1v) is 6.56. The summed E-state index contributed by atoms with van der Waals surface area (Å²) in [5.41, 5.74) is 0.0940. The molecule has 1 aromatic carbocycles. The van der Waals surface area contributed by atoms with Gasteiger partial charge in [0.2, 0.25) is 0 Å². The molecule has 0 radical (unpaired) electrons. The molecule has 0 amide bonds. The van der Waals surface area contributed by atoms with Crippen LogP contribution < -0.4 is 4.74 Å². The summed E-state index contributed by atoms with van der Waals surface area (Å²) in [4.78, 5) is 5.17. The predicted octanol–water partition coefficient (Wildman–Crippen LogP) is 3.71. The summed E-state index contributed by atoms with van der Waals surface area (Å²) in [5, 5.41) is 0. The van der Waals surface area contributed by atoms with Crippen molar-refractivity contribution in [2.45, 2.75) is 12.7 Å². The number of halogens is 4. The number of rotatable bonds is 3. The van der Waals surface area contributed by atoms with Crippen LogP contribution in [0.3, 0.4) is 0 Å². The maximum absolute atomic E-state index is 12.6. The monoisotopic (exact) mass is 348 g/mol. The van der Waals surface area contributed by atoms with E-state index in [0.29, 0.717) is 6.54 Å². The smallest absolute Gasteiger partial charge is 0.434 e. The molecule has 0 saturated carbocycles. The van der Waals surface area contributed by atoms with E-state index in [4.69, 9.17) is 4.74 Å². The van der Waals surface area contributed by atoms with Gasteiger partial charge in [-0.15, -0.1) is 0 Å². The highest BCUT2D eigenvalue weighted by Gasteiger charge is 2.37. The molecule has 20 heavy (non-hydrogen) atoms. The Kier molecular flexibility index (Phi) is 4.37. The minimum absolute atomic E-state index is 0.0426. The van der Waals surface area contributed by atoms with Gasteiger partial charge in [0.1, 0.15) is 5.75 Å². The van der Waals surface area contributed by atoms with Crippen molar-refractivity contribution in [3.63, 3.8) is 0 Å². The van der Waals surface area contributed by atoms with Crippen molar-refractivity contribution < 1.29 is 17.9 Å². The standard InChI is InChI=1S/C13H12BrF3N2O/c1-20-10-4-2-9(3-5-10)6-19-7-11(14)12(18-8-19)13(15,16)17/h2-5,8H,6-7H2,1H3. The number of aliphatic imine (C=N–C) groups is 1. The van der Waals surface area contributed by atoms with Gasteiger partial charge in [0.05, 0.1) is 20.0 Å². The fourth-order valence-electron chi connectivity index (χ4n) is 1.79. The lowest BCUT2D eigenvalue weighted by molar-refractivity contribution is -0.0931. The molecule has 0 aromatic heterocycles. The molecule has 0 saturated heterocycles. The van der Waals surface area contributed by atoms with Crippen LogP contribution in [0.25, 0.3) is 0 Å². The highest BCUT2D eigenvalue weighted by atomic mass is 79.9. The second kappa shape index (κ2) is 5.87. The van der Waals surface area contributed by atoms with Gasteiger partial charge in [0.25, 0.3) is 0 Å². The lowest BCUT2D eigenvalue weighted by Crippen LogP contribution is -2.29. The third kappa shape index (κ3) is 3.53. The number of alkyl halides is 3. The van der Waals surface area contributed by atoms with Gasteiger partial charge < -0.3 is 9.64 Å². The fourth-order valence-corrected chi connectivity index (χ4v) is 2.44. The molecule has 108 valence electrons. The first kappa shape index (κ1) is 14.9. The van der Waals surface area contributed by atoms with E-state index in [0.717, 1.165) is 11.3 Å². The third-order valence-electron chi connectivity index (χ3n) is 2.76. The number of benzene rings is 1. The third-order valence-corrected chi connectivity index (χ3v) is 3.39. The summed E-state index contributed by atoms with van der Waals surface area (Å²) >= 11 is 2.95. The lowest BCUT2D eigenvalue weighted by Gasteiger charge is -2.25. The van der Waals surface area contributed by atoms with Crippen LogP contribution in [-0.2, 0) is 6.54 Å². The van der Waals surface area contributed by atoms with Gasteiger partial charge in [-0.3, -0.25) is 0 Å². The molecule has 1 heterocycles. The van der Waals surface area contributed by atoms with Crippen LogP contribution in [-0.4, -0.2) is 31.1 Å². The van der Waals surface area contributed by atoms with Crippen LogP contribution in [0.2, 0.25) is 0 Å². The second-order valence-electron chi connectivity index (χ2n) is 4.25. The summed E-state index contributed by atoms with van der Waals surface area (Å²) in [7, 11) is 1.58. The van der Waals surface area contributed by atoms with E-state index in [2.05, 4.69) is 20.9 Å². The molecule has 0 N–H and O–H groups in total. The van der Waals surface area contributed by atoms with Crippen molar-refractivity contribution in [2.75, 3.05) is 13.7 Å². The molecule has 0 atom stereocenters. The maximum Gasteiger partial charge on any atom is 0.434 e. The molecule has 2 rings (SSSR count). The zero-order valence-corrected chi connectivity index (χ0v) is 12.2. The average Bonchev–Trinajstić information content (AvgIpc) is 2.38. The van der Waals surface area contributed by atoms with E-state index in [1.54, 1.807) is 12.0 Å². The van der Waals surface area contributed by atoms with E-state index in [1.165, 1.54) is 6.34 Å². The molecule has 1 aliphatic rings. The predicted molar refractivity (Wildman–Crippen MR) is 73.9 cm³/mol. The molecule has 0 spiro atoms.